The number of carbonyl (C=O) groups is 4. The summed E-state index contributed by atoms with van der Waals surface area (Å²) in [6.07, 6.45) is 6.03. The summed E-state index contributed by atoms with van der Waals surface area (Å²) in [7, 11) is 8.40. The van der Waals surface area contributed by atoms with Crippen LogP contribution in [0.15, 0.2) is 36.8 Å². The van der Waals surface area contributed by atoms with Crippen LogP contribution in [0.3, 0.4) is 0 Å². The van der Waals surface area contributed by atoms with E-state index in [0.29, 0.717) is 35.7 Å². The summed E-state index contributed by atoms with van der Waals surface area (Å²) in [4.78, 5) is 52.1. The number of carbonyl (C=O) groups excluding carboxylic acids is 4. The molecular weight excluding hydrogens is 548 g/mol. The number of nitrogens with one attached hydrogen (secondary N) is 4. The van der Waals surface area contributed by atoms with Crippen molar-refractivity contribution in [1.82, 2.24) is 23.9 Å². The van der Waals surface area contributed by atoms with Crippen LogP contribution in [0.2, 0.25) is 0 Å². The first kappa shape index (κ1) is 32.1. The number of amides is 4. The number of rotatable bonds is 17. The molecule has 4 amide bonds. The Morgan fingerprint density at radius 3 is 1.60 bits per heavy atom. The van der Waals surface area contributed by atoms with Gasteiger partial charge in [-0.05, 0) is 45.3 Å². The van der Waals surface area contributed by atoms with Crippen LogP contribution >= 0.6 is 0 Å². The molecule has 0 saturated heterocycles. The first-order valence-electron chi connectivity index (χ1n) is 13.0. The molecule has 0 atom stereocenters. The van der Waals surface area contributed by atoms with Crippen molar-refractivity contribution in [2.45, 2.75) is 26.6 Å². The van der Waals surface area contributed by atoms with Gasteiger partial charge in [-0.15, -0.1) is 0 Å². The zero-order valence-corrected chi connectivity index (χ0v) is 24.4. The molecule has 0 aliphatic heterocycles. The van der Waals surface area contributed by atoms with Crippen molar-refractivity contribution >= 4 is 41.2 Å². The van der Waals surface area contributed by atoms with Gasteiger partial charge in [-0.25, -0.2) is 0 Å². The summed E-state index contributed by atoms with van der Waals surface area (Å²) in [5.41, 5.74) is 1.92. The van der Waals surface area contributed by atoms with Gasteiger partial charge in [0.15, 0.2) is 0 Å². The minimum absolute atomic E-state index is 0.0391. The number of ether oxygens (including phenoxy) is 3. The predicted octanol–water partition coefficient (Wildman–Crippen LogP) is 1.66. The molecule has 0 fully saturated rings. The van der Waals surface area contributed by atoms with Crippen molar-refractivity contribution < 1.29 is 33.4 Å². The SMILES string of the molecule is COCn1cc(NC(=O)c2cc(NC(=O)c3cc(NC=O)cn3COC)cn2COC)cc1C(=O)NCCCN(C)C. The highest BCUT2D eigenvalue weighted by molar-refractivity contribution is 6.07. The predicted molar refractivity (Wildman–Crippen MR) is 155 cm³/mol. The van der Waals surface area contributed by atoms with E-state index in [1.54, 1.807) is 29.2 Å². The van der Waals surface area contributed by atoms with Crippen LogP contribution in [0.5, 0.6) is 0 Å². The normalized spacial score (nSPS) is 11.0. The molecule has 15 nitrogen and oxygen atoms in total. The number of methoxy groups -OCH3 is 3. The van der Waals surface area contributed by atoms with Crippen molar-refractivity contribution in [3.63, 3.8) is 0 Å². The fourth-order valence-corrected chi connectivity index (χ4v) is 4.20. The molecule has 0 unspecified atom stereocenters. The Labute approximate surface area is 243 Å². The minimum atomic E-state index is -0.486. The molecule has 3 aromatic rings. The molecule has 3 rings (SSSR count). The largest absolute Gasteiger partial charge is 0.364 e. The zero-order valence-electron chi connectivity index (χ0n) is 24.4. The Morgan fingerprint density at radius 1 is 0.738 bits per heavy atom. The average molecular weight is 587 g/mol. The smallest absolute Gasteiger partial charge is 0.272 e. The number of hydrogen-bond donors (Lipinski definition) is 4. The lowest BCUT2D eigenvalue weighted by molar-refractivity contribution is -0.105. The van der Waals surface area contributed by atoms with E-state index in [1.807, 2.05) is 19.0 Å². The monoisotopic (exact) mass is 586 g/mol. The van der Waals surface area contributed by atoms with Crippen LogP contribution < -0.4 is 21.3 Å². The summed E-state index contributed by atoms with van der Waals surface area (Å²) < 4.78 is 20.2. The maximum Gasteiger partial charge on any atom is 0.272 e. The van der Waals surface area contributed by atoms with Gasteiger partial charge in [0.25, 0.3) is 17.7 Å². The third-order valence-corrected chi connectivity index (χ3v) is 6.00. The lowest BCUT2D eigenvalue weighted by Crippen LogP contribution is -2.28. The molecule has 0 bridgehead atoms. The van der Waals surface area contributed by atoms with Crippen molar-refractivity contribution in [3.8, 4) is 0 Å². The van der Waals surface area contributed by atoms with Gasteiger partial charge >= 0.3 is 0 Å². The van der Waals surface area contributed by atoms with E-state index < -0.39 is 11.8 Å². The number of hydrogen-bond acceptors (Lipinski definition) is 8. The van der Waals surface area contributed by atoms with Crippen molar-refractivity contribution in [2.24, 2.45) is 0 Å². The molecule has 4 N–H and O–H groups in total. The molecule has 3 heterocycles. The van der Waals surface area contributed by atoms with Crippen LogP contribution in [0.4, 0.5) is 17.1 Å². The van der Waals surface area contributed by atoms with Gasteiger partial charge in [0.2, 0.25) is 6.41 Å². The van der Waals surface area contributed by atoms with Gasteiger partial charge in [0.05, 0.1) is 17.1 Å². The van der Waals surface area contributed by atoms with E-state index in [4.69, 9.17) is 14.2 Å². The lowest BCUT2D eigenvalue weighted by atomic mass is 10.3. The minimum Gasteiger partial charge on any atom is -0.364 e. The maximum atomic E-state index is 13.3. The quantitative estimate of drug-likeness (QED) is 0.137. The fourth-order valence-electron chi connectivity index (χ4n) is 4.20. The van der Waals surface area contributed by atoms with Gasteiger partial charge in [-0.2, -0.15) is 0 Å². The van der Waals surface area contributed by atoms with E-state index in [1.165, 1.54) is 42.6 Å². The summed E-state index contributed by atoms with van der Waals surface area (Å²) >= 11 is 0. The van der Waals surface area contributed by atoms with Crippen molar-refractivity contribution in [1.29, 1.82) is 0 Å². The van der Waals surface area contributed by atoms with E-state index in [2.05, 4.69) is 21.3 Å². The van der Waals surface area contributed by atoms with Gasteiger partial charge in [-0.3, -0.25) is 19.2 Å². The second-order valence-corrected chi connectivity index (χ2v) is 9.59. The molecule has 0 aromatic carbocycles. The Hall–Kier alpha value is -4.44. The highest BCUT2D eigenvalue weighted by Gasteiger charge is 2.20. The Morgan fingerprint density at radius 2 is 1.17 bits per heavy atom. The summed E-state index contributed by atoms with van der Waals surface area (Å²) in [6.45, 7) is 1.57. The van der Waals surface area contributed by atoms with Crippen LogP contribution in [-0.4, -0.2) is 91.2 Å². The number of aromatic nitrogens is 3. The summed E-state index contributed by atoms with van der Waals surface area (Å²) in [5, 5.41) is 11.0. The second kappa shape index (κ2) is 15.5. The number of nitrogens with zero attached hydrogens (tertiary/aromatic N) is 4. The summed E-state index contributed by atoms with van der Waals surface area (Å²) in [6, 6.07) is 4.58. The molecule has 0 radical (unpaired) electrons. The van der Waals surface area contributed by atoms with Gasteiger partial charge in [0.1, 0.15) is 37.3 Å². The first-order valence-corrected chi connectivity index (χ1v) is 13.0. The molecule has 0 spiro atoms. The van der Waals surface area contributed by atoms with E-state index in [9.17, 15) is 19.2 Å². The zero-order chi connectivity index (χ0) is 30.6. The highest BCUT2D eigenvalue weighted by Crippen LogP contribution is 2.21. The van der Waals surface area contributed by atoms with E-state index >= 15 is 0 Å². The van der Waals surface area contributed by atoms with Gasteiger partial charge < -0.3 is 54.1 Å². The van der Waals surface area contributed by atoms with Gasteiger partial charge in [-0.1, -0.05) is 0 Å². The average Bonchev–Trinajstić information content (AvgIpc) is 3.64. The Kier molecular flexibility index (Phi) is 11.9. The van der Waals surface area contributed by atoms with Crippen LogP contribution in [-0.2, 0) is 39.2 Å². The topological polar surface area (TPSA) is 162 Å². The molecule has 228 valence electrons. The molecule has 0 aliphatic carbocycles. The van der Waals surface area contributed by atoms with Crippen LogP contribution in [0.25, 0.3) is 0 Å². The Bertz CT molecular complexity index is 1370. The van der Waals surface area contributed by atoms with Crippen molar-refractivity contribution in [3.05, 3.63) is 53.9 Å². The third-order valence-electron chi connectivity index (χ3n) is 6.00. The van der Waals surface area contributed by atoms with Gasteiger partial charge in [0, 0.05) is 46.5 Å². The molecule has 15 heteroatoms. The summed E-state index contributed by atoms with van der Waals surface area (Å²) in [5.74, 6) is -1.26. The fraction of sp³-hybridized carbons (Fsp3) is 0.407. The van der Waals surface area contributed by atoms with Crippen LogP contribution in [0, 0.1) is 0 Å². The molecule has 3 aromatic heterocycles. The van der Waals surface area contributed by atoms with Crippen molar-refractivity contribution in [2.75, 3.05) is 64.5 Å². The first-order chi connectivity index (χ1) is 20.2. The second-order valence-electron chi connectivity index (χ2n) is 9.59. The third kappa shape index (κ3) is 8.53. The standard InChI is InChI=1S/C27H38N8O7/c1-32(2)8-6-7-28-25(37)22-10-20(13-34(22)17-41-4)30-27(39)24-11-21(14-35(24)18-42-5)31-26(38)23-9-19(29-15-36)12-33(23)16-40-3/h9-15H,6-8,16-18H2,1-5H3,(H,28,37)(H,29,36)(H,30,39)(H,31,38). The van der Waals surface area contributed by atoms with E-state index in [-0.39, 0.29) is 37.5 Å². The molecular formula is C27H38N8O7. The molecule has 42 heavy (non-hydrogen) atoms. The molecule has 0 aliphatic rings. The highest BCUT2D eigenvalue weighted by atomic mass is 16.5. The molecule has 0 saturated carbocycles. The number of anilines is 3. The Balaban J connectivity index is 1.77. The van der Waals surface area contributed by atoms with E-state index in [0.717, 1.165) is 13.0 Å². The lowest BCUT2D eigenvalue weighted by Gasteiger charge is -2.11. The maximum absolute atomic E-state index is 13.3. The van der Waals surface area contributed by atoms with Crippen LogP contribution in [0.1, 0.15) is 37.9 Å².